The van der Waals surface area contributed by atoms with Crippen molar-refractivity contribution in [3.8, 4) is 0 Å². The molecule has 2 aromatic rings. The zero-order valence-electron chi connectivity index (χ0n) is 6.56. The van der Waals surface area contributed by atoms with Crippen molar-refractivity contribution < 1.29 is 0 Å². The minimum absolute atomic E-state index is 0.718. The van der Waals surface area contributed by atoms with Crippen molar-refractivity contribution in [3.63, 3.8) is 0 Å². The average molecular weight is 160 g/mol. The topological polar surface area (TPSA) is 43.1 Å². The second kappa shape index (κ2) is 2.03. The summed E-state index contributed by atoms with van der Waals surface area (Å²) in [6.07, 6.45) is 6.94. The summed E-state index contributed by atoms with van der Waals surface area (Å²) >= 11 is 0. The first kappa shape index (κ1) is 6.11. The van der Waals surface area contributed by atoms with Crippen LogP contribution in [-0.2, 0) is 12.8 Å². The monoisotopic (exact) mass is 160 g/mol. The van der Waals surface area contributed by atoms with Crippen LogP contribution >= 0.6 is 0 Å². The van der Waals surface area contributed by atoms with Gasteiger partial charge in [-0.25, -0.2) is 9.50 Å². The second-order valence-electron chi connectivity index (χ2n) is 3.06. The summed E-state index contributed by atoms with van der Waals surface area (Å²) in [6.45, 7) is 0. The highest BCUT2D eigenvalue weighted by molar-refractivity contribution is 5.33. The van der Waals surface area contributed by atoms with Crippen molar-refractivity contribution in [1.82, 2.24) is 19.6 Å². The molecule has 1 aliphatic rings. The first-order chi connectivity index (χ1) is 5.95. The lowest BCUT2D eigenvalue weighted by Gasteiger charge is -1.98. The first-order valence-electron chi connectivity index (χ1n) is 4.11. The summed E-state index contributed by atoms with van der Waals surface area (Å²) in [4.78, 5) is 8.24. The Balaban J connectivity index is 2.46. The Kier molecular flexibility index (Phi) is 1.03. The van der Waals surface area contributed by atoms with Crippen LogP contribution in [0.1, 0.15) is 17.7 Å². The van der Waals surface area contributed by atoms with E-state index in [0.717, 1.165) is 18.6 Å². The maximum Gasteiger partial charge on any atom is 0.252 e. The van der Waals surface area contributed by atoms with E-state index in [-0.39, 0.29) is 0 Å². The molecule has 3 rings (SSSR count). The molecule has 2 aromatic heterocycles. The number of hydrogen-bond donors (Lipinski definition) is 0. The number of nitrogens with zero attached hydrogens (tertiary/aromatic N) is 4. The summed E-state index contributed by atoms with van der Waals surface area (Å²) in [6, 6.07) is 0. The second-order valence-corrected chi connectivity index (χ2v) is 3.06. The van der Waals surface area contributed by atoms with Gasteiger partial charge in [-0.2, -0.15) is 10.1 Å². The Morgan fingerprint density at radius 1 is 1.25 bits per heavy atom. The molecule has 0 aromatic carbocycles. The third kappa shape index (κ3) is 0.642. The van der Waals surface area contributed by atoms with Crippen LogP contribution in [0.5, 0.6) is 0 Å². The van der Waals surface area contributed by atoms with E-state index in [4.69, 9.17) is 0 Å². The number of aromatic nitrogens is 4. The maximum atomic E-state index is 4.20. The van der Waals surface area contributed by atoms with E-state index in [2.05, 4.69) is 15.1 Å². The molecule has 4 nitrogen and oxygen atoms in total. The van der Waals surface area contributed by atoms with Crippen LogP contribution in [-0.4, -0.2) is 19.6 Å². The molecule has 0 radical (unpaired) electrons. The van der Waals surface area contributed by atoms with Crippen LogP contribution in [0.2, 0.25) is 0 Å². The van der Waals surface area contributed by atoms with E-state index >= 15 is 0 Å². The third-order valence-corrected chi connectivity index (χ3v) is 2.35. The largest absolute Gasteiger partial charge is 0.252 e. The van der Waals surface area contributed by atoms with Crippen LogP contribution in [0.25, 0.3) is 5.78 Å². The number of hydrogen-bond acceptors (Lipinski definition) is 3. The Morgan fingerprint density at radius 2 is 2.25 bits per heavy atom. The molecule has 4 heteroatoms. The van der Waals surface area contributed by atoms with E-state index < -0.39 is 0 Å². The van der Waals surface area contributed by atoms with Gasteiger partial charge in [0.05, 0.1) is 5.69 Å². The fourth-order valence-electron chi connectivity index (χ4n) is 1.78. The van der Waals surface area contributed by atoms with Crippen LogP contribution in [0.15, 0.2) is 12.5 Å². The molecule has 0 unspecified atom stereocenters. The summed E-state index contributed by atoms with van der Waals surface area (Å²) in [7, 11) is 0. The van der Waals surface area contributed by atoms with Crippen molar-refractivity contribution >= 4 is 5.78 Å². The molecule has 12 heavy (non-hydrogen) atoms. The number of aryl methyl sites for hydroxylation is 2. The average Bonchev–Trinajstić information content (AvgIpc) is 2.71. The van der Waals surface area contributed by atoms with E-state index in [1.165, 1.54) is 17.7 Å². The molecule has 0 aliphatic heterocycles. The molecule has 0 saturated heterocycles. The predicted molar refractivity (Wildman–Crippen MR) is 42.8 cm³/mol. The van der Waals surface area contributed by atoms with Crippen molar-refractivity contribution in [3.05, 3.63) is 23.8 Å². The zero-order valence-corrected chi connectivity index (χ0v) is 6.56. The molecule has 0 N–H and O–H groups in total. The van der Waals surface area contributed by atoms with E-state index in [1.807, 2.05) is 10.7 Å². The summed E-state index contributed by atoms with van der Waals surface area (Å²) in [5.41, 5.74) is 2.62. The fraction of sp³-hybridized carbons (Fsp3) is 0.375. The molecule has 0 saturated carbocycles. The molecule has 0 bridgehead atoms. The lowest BCUT2D eigenvalue weighted by atomic mass is 10.3. The van der Waals surface area contributed by atoms with E-state index in [9.17, 15) is 0 Å². The smallest absolute Gasteiger partial charge is 0.219 e. The number of rotatable bonds is 0. The summed E-state index contributed by atoms with van der Waals surface area (Å²) < 4.78 is 1.85. The van der Waals surface area contributed by atoms with Crippen LogP contribution in [0, 0.1) is 0 Å². The van der Waals surface area contributed by atoms with Gasteiger partial charge in [0, 0.05) is 6.20 Å². The minimum Gasteiger partial charge on any atom is -0.219 e. The standard InChI is InChI=1S/C8H8N4/c1-2-6-4-9-8-10-5-11-12(8)7(6)3-1/h4-5H,1-3H2. The highest BCUT2D eigenvalue weighted by atomic mass is 15.3. The molecular weight excluding hydrogens is 152 g/mol. The lowest BCUT2D eigenvalue weighted by Crippen LogP contribution is -1.99. The van der Waals surface area contributed by atoms with Crippen LogP contribution in [0.3, 0.4) is 0 Å². The Morgan fingerprint density at radius 3 is 3.25 bits per heavy atom. The van der Waals surface area contributed by atoms with Gasteiger partial charge >= 0.3 is 0 Å². The van der Waals surface area contributed by atoms with Gasteiger partial charge in [0.2, 0.25) is 0 Å². The van der Waals surface area contributed by atoms with Crippen molar-refractivity contribution in [1.29, 1.82) is 0 Å². The van der Waals surface area contributed by atoms with Gasteiger partial charge in [0.25, 0.3) is 5.78 Å². The van der Waals surface area contributed by atoms with Gasteiger partial charge in [-0.1, -0.05) is 0 Å². The van der Waals surface area contributed by atoms with E-state index in [0.29, 0.717) is 0 Å². The fourth-order valence-corrected chi connectivity index (χ4v) is 1.78. The molecule has 0 spiro atoms. The maximum absolute atomic E-state index is 4.20. The van der Waals surface area contributed by atoms with Gasteiger partial charge in [0.1, 0.15) is 6.33 Å². The van der Waals surface area contributed by atoms with E-state index in [1.54, 1.807) is 6.33 Å². The normalized spacial score (nSPS) is 15.3. The molecule has 1 aliphatic carbocycles. The highest BCUT2D eigenvalue weighted by Gasteiger charge is 2.15. The minimum atomic E-state index is 0.718. The molecule has 0 amide bonds. The van der Waals surface area contributed by atoms with Gasteiger partial charge in [-0.15, -0.1) is 0 Å². The first-order valence-corrected chi connectivity index (χ1v) is 4.11. The number of fused-ring (bicyclic) bond motifs is 3. The van der Waals surface area contributed by atoms with Gasteiger partial charge in [-0.05, 0) is 24.8 Å². The Hall–Kier alpha value is -1.45. The predicted octanol–water partition coefficient (Wildman–Crippen LogP) is 0.613. The van der Waals surface area contributed by atoms with Crippen molar-refractivity contribution in [2.75, 3.05) is 0 Å². The molecule has 2 heterocycles. The Bertz CT molecular complexity index is 432. The molecule has 60 valence electrons. The van der Waals surface area contributed by atoms with Crippen molar-refractivity contribution in [2.45, 2.75) is 19.3 Å². The highest BCUT2D eigenvalue weighted by Crippen LogP contribution is 2.20. The molecule has 0 fully saturated rings. The quantitative estimate of drug-likeness (QED) is 0.567. The Labute approximate surface area is 69.3 Å². The van der Waals surface area contributed by atoms with Gasteiger partial charge < -0.3 is 0 Å². The van der Waals surface area contributed by atoms with Gasteiger partial charge in [0.15, 0.2) is 0 Å². The molecular formula is C8H8N4. The lowest BCUT2D eigenvalue weighted by molar-refractivity contribution is 0.836. The van der Waals surface area contributed by atoms with Gasteiger partial charge in [-0.3, -0.25) is 0 Å². The summed E-state index contributed by atoms with van der Waals surface area (Å²) in [5.74, 6) is 0.718. The third-order valence-electron chi connectivity index (χ3n) is 2.35. The summed E-state index contributed by atoms with van der Waals surface area (Å²) in [5, 5.41) is 4.13. The van der Waals surface area contributed by atoms with Crippen LogP contribution < -0.4 is 0 Å². The zero-order chi connectivity index (χ0) is 7.97. The molecule has 0 atom stereocenters. The SMILES string of the molecule is c1nc2ncc3c(n2n1)CCC3. The van der Waals surface area contributed by atoms with Crippen LogP contribution in [0.4, 0.5) is 0 Å². The van der Waals surface area contributed by atoms with Crippen molar-refractivity contribution in [2.24, 2.45) is 0 Å².